The molecule has 0 radical (unpaired) electrons. The first-order valence-corrected chi connectivity index (χ1v) is 9.62. The Balaban J connectivity index is 1.64. The van der Waals surface area contributed by atoms with Crippen LogP contribution < -0.4 is 10.7 Å². The molecule has 0 atom stereocenters. The van der Waals surface area contributed by atoms with Crippen LogP contribution in [0.1, 0.15) is 31.8 Å². The fraction of sp³-hybridized carbons (Fsp3) is 0.0800. The summed E-state index contributed by atoms with van der Waals surface area (Å²) in [5.41, 5.74) is 3.51. The number of aryl methyl sites for hydroxylation is 2. The van der Waals surface area contributed by atoms with Crippen LogP contribution in [0.15, 0.2) is 75.9 Å². The third-order valence-corrected chi connectivity index (χ3v) is 5.00. The molecule has 0 fully saturated rings. The Labute approximate surface area is 177 Å². The molecule has 0 saturated heterocycles. The summed E-state index contributed by atoms with van der Waals surface area (Å²) in [5.74, 6) is -1.15. The predicted octanol–water partition coefficient (Wildman–Crippen LogP) is 5.03. The summed E-state index contributed by atoms with van der Waals surface area (Å²) in [4.78, 5) is 36.5. The van der Waals surface area contributed by atoms with Crippen molar-refractivity contribution in [1.82, 2.24) is 0 Å². The van der Waals surface area contributed by atoms with Crippen LogP contribution in [0.3, 0.4) is 0 Å². The number of carboxylic acid groups (broad SMARTS) is 1. The van der Waals surface area contributed by atoms with Crippen LogP contribution in [0.25, 0.3) is 22.3 Å². The predicted molar refractivity (Wildman–Crippen MR) is 119 cm³/mol. The Kier molecular flexibility index (Phi) is 5.13. The van der Waals surface area contributed by atoms with Gasteiger partial charge in [-0.1, -0.05) is 30.3 Å². The first kappa shape index (κ1) is 20.1. The second-order valence-corrected chi connectivity index (χ2v) is 7.32. The molecule has 0 aliphatic rings. The number of anilines is 1. The quantitative estimate of drug-likeness (QED) is 0.489. The average Bonchev–Trinajstić information content (AvgIpc) is 2.74. The van der Waals surface area contributed by atoms with E-state index in [1.165, 1.54) is 18.2 Å². The number of carbonyl (C=O) groups excluding carboxylic acids is 1. The number of benzene rings is 3. The van der Waals surface area contributed by atoms with E-state index in [9.17, 15) is 19.5 Å². The van der Waals surface area contributed by atoms with Crippen molar-refractivity contribution in [3.8, 4) is 11.3 Å². The van der Waals surface area contributed by atoms with Gasteiger partial charge in [-0.3, -0.25) is 9.59 Å². The smallest absolute Gasteiger partial charge is 0.337 e. The third kappa shape index (κ3) is 3.96. The molecular formula is C25H19NO5. The van der Waals surface area contributed by atoms with Crippen molar-refractivity contribution >= 4 is 28.5 Å². The highest BCUT2D eigenvalue weighted by Gasteiger charge is 2.14. The number of carboxylic acids is 1. The van der Waals surface area contributed by atoms with E-state index in [2.05, 4.69) is 5.32 Å². The summed E-state index contributed by atoms with van der Waals surface area (Å²) in [5, 5.41) is 12.4. The van der Waals surface area contributed by atoms with Gasteiger partial charge in [0.2, 0.25) is 0 Å². The summed E-state index contributed by atoms with van der Waals surface area (Å²) < 4.78 is 5.99. The van der Waals surface area contributed by atoms with E-state index in [-0.39, 0.29) is 16.7 Å². The Bertz CT molecular complexity index is 1380. The van der Waals surface area contributed by atoms with E-state index in [0.717, 1.165) is 11.1 Å². The molecule has 6 heteroatoms. The molecule has 3 aromatic carbocycles. The lowest BCUT2D eigenvalue weighted by atomic mass is 10.1. The van der Waals surface area contributed by atoms with Crippen LogP contribution in [-0.4, -0.2) is 17.0 Å². The zero-order chi connectivity index (χ0) is 22.1. The SMILES string of the molecule is Cc1cc(C)c2oc(-c3ccc(C(=O)Nc4ccccc4C(=O)O)cc3)cc(=O)c2c1. The van der Waals surface area contributed by atoms with E-state index in [1.807, 2.05) is 19.9 Å². The summed E-state index contributed by atoms with van der Waals surface area (Å²) in [6.45, 7) is 3.82. The van der Waals surface area contributed by atoms with Crippen LogP contribution in [0, 0.1) is 13.8 Å². The number of aromatic carboxylic acids is 1. The molecule has 154 valence electrons. The fourth-order valence-electron chi connectivity index (χ4n) is 3.51. The summed E-state index contributed by atoms with van der Waals surface area (Å²) >= 11 is 0. The monoisotopic (exact) mass is 413 g/mol. The van der Waals surface area contributed by atoms with Crippen molar-refractivity contribution in [2.75, 3.05) is 5.32 Å². The number of hydrogen-bond acceptors (Lipinski definition) is 4. The van der Waals surface area contributed by atoms with Gasteiger partial charge in [0, 0.05) is 17.2 Å². The van der Waals surface area contributed by atoms with Crippen LogP contribution in [-0.2, 0) is 0 Å². The highest BCUT2D eigenvalue weighted by atomic mass is 16.4. The number of fused-ring (bicyclic) bond motifs is 1. The van der Waals surface area contributed by atoms with E-state index < -0.39 is 11.9 Å². The van der Waals surface area contributed by atoms with E-state index >= 15 is 0 Å². The molecule has 2 N–H and O–H groups in total. The molecule has 0 aliphatic heterocycles. The van der Waals surface area contributed by atoms with Gasteiger partial charge >= 0.3 is 5.97 Å². The van der Waals surface area contributed by atoms with Crippen molar-refractivity contribution in [1.29, 1.82) is 0 Å². The molecule has 1 amide bonds. The van der Waals surface area contributed by atoms with Gasteiger partial charge in [-0.15, -0.1) is 0 Å². The Morgan fingerprint density at radius 2 is 1.65 bits per heavy atom. The number of carbonyl (C=O) groups is 2. The maximum atomic E-state index is 12.6. The molecule has 1 aromatic heterocycles. The standard InChI is InChI=1S/C25H19NO5/c1-14-11-15(2)23-19(12-14)21(27)13-22(31-23)16-7-9-17(10-8-16)24(28)26-20-6-4-3-5-18(20)25(29)30/h3-13H,1-2H3,(H,26,28)(H,29,30). The first-order chi connectivity index (χ1) is 14.8. The number of hydrogen-bond donors (Lipinski definition) is 2. The van der Waals surface area contributed by atoms with Gasteiger partial charge in [-0.05, 0) is 55.3 Å². The van der Waals surface area contributed by atoms with Gasteiger partial charge in [0.05, 0.1) is 16.6 Å². The number of amides is 1. The molecule has 6 nitrogen and oxygen atoms in total. The van der Waals surface area contributed by atoms with Gasteiger partial charge in [0.1, 0.15) is 11.3 Å². The molecule has 31 heavy (non-hydrogen) atoms. The fourth-order valence-corrected chi connectivity index (χ4v) is 3.51. The largest absolute Gasteiger partial charge is 0.478 e. The molecule has 1 heterocycles. The maximum absolute atomic E-state index is 12.6. The van der Waals surface area contributed by atoms with E-state index in [0.29, 0.717) is 27.9 Å². The minimum atomic E-state index is -1.12. The molecular weight excluding hydrogens is 394 g/mol. The summed E-state index contributed by atoms with van der Waals surface area (Å²) in [7, 11) is 0. The third-order valence-electron chi connectivity index (χ3n) is 5.00. The Morgan fingerprint density at radius 3 is 2.35 bits per heavy atom. The second-order valence-electron chi connectivity index (χ2n) is 7.32. The molecule has 0 bridgehead atoms. The van der Waals surface area contributed by atoms with E-state index in [1.54, 1.807) is 42.5 Å². The number of para-hydroxylation sites is 1. The average molecular weight is 413 g/mol. The van der Waals surface area contributed by atoms with Gasteiger partial charge in [-0.25, -0.2) is 4.79 Å². The highest BCUT2D eigenvalue weighted by molar-refractivity contribution is 6.07. The molecule has 4 rings (SSSR count). The normalized spacial score (nSPS) is 10.8. The minimum absolute atomic E-state index is 0.0102. The van der Waals surface area contributed by atoms with Crippen molar-refractivity contribution < 1.29 is 19.1 Å². The van der Waals surface area contributed by atoms with Crippen molar-refractivity contribution in [2.24, 2.45) is 0 Å². The van der Waals surface area contributed by atoms with Crippen LogP contribution in [0.4, 0.5) is 5.69 Å². The maximum Gasteiger partial charge on any atom is 0.337 e. The Hall–Kier alpha value is -4.19. The molecule has 0 saturated carbocycles. The lowest BCUT2D eigenvalue weighted by molar-refractivity contribution is 0.0698. The van der Waals surface area contributed by atoms with Crippen molar-refractivity contribution in [2.45, 2.75) is 13.8 Å². The lowest BCUT2D eigenvalue weighted by Crippen LogP contribution is -2.14. The van der Waals surface area contributed by atoms with Gasteiger partial charge in [0.25, 0.3) is 5.91 Å². The second kappa shape index (κ2) is 7.91. The van der Waals surface area contributed by atoms with Crippen molar-refractivity contribution in [3.63, 3.8) is 0 Å². The first-order valence-electron chi connectivity index (χ1n) is 9.62. The number of rotatable bonds is 4. The Morgan fingerprint density at radius 1 is 0.935 bits per heavy atom. The summed E-state index contributed by atoms with van der Waals surface area (Å²) in [6.07, 6.45) is 0. The zero-order valence-electron chi connectivity index (χ0n) is 16.9. The summed E-state index contributed by atoms with van der Waals surface area (Å²) in [6, 6.07) is 18.0. The van der Waals surface area contributed by atoms with Crippen LogP contribution >= 0.6 is 0 Å². The van der Waals surface area contributed by atoms with Crippen molar-refractivity contribution in [3.05, 3.63) is 99.2 Å². The number of nitrogens with one attached hydrogen (secondary N) is 1. The molecule has 0 spiro atoms. The molecule has 4 aromatic rings. The molecule has 0 unspecified atom stereocenters. The zero-order valence-corrected chi connectivity index (χ0v) is 16.9. The van der Waals surface area contributed by atoms with Gasteiger partial charge in [0.15, 0.2) is 5.43 Å². The highest BCUT2D eigenvalue weighted by Crippen LogP contribution is 2.26. The topological polar surface area (TPSA) is 96.6 Å². The van der Waals surface area contributed by atoms with Crippen LogP contribution in [0.2, 0.25) is 0 Å². The lowest BCUT2D eigenvalue weighted by Gasteiger charge is -2.09. The van der Waals surface area contributed by atoms with Gasteiger partial charge < -0.3 is 14.8 Å². The van der Waals surface area contributed by atoms with Gasteiger partial charge in [-0.2, -0.15) is 0 Å². The van der Waals surface area contributed by atoms with E-state index in [4.69, 9.17) is 4.42 Å². The molecule has 0 aliphatic carbocycles. The minimum Gasteiger partial charge on any atom is -0.478 e. The van der Waals surface area contributed by atoms with Crippen LogP contribution in [0.5, 0.6) is 0 Å².